The first kappa shape index (κ1) is 14.2. The number of carbonyl (C=O) groups is 1. The zero-order valence-corrected chi connectivity index (χ0v) is 12.1. The molecule has 6 heteroatoms. The average molecular weight is 292 g/mol. The summed E-state index contributed by atoms with van der Waals surface area (Å²) >= 11 is 0. The van der Waals surface area contributed by atoms with Gasteiger partial charge >= 0.3 is 0 Å². The molecule has 1 aromatic carbocycles. The van der Waals surface area contributed by atoms with E-state index in [4.69, 9.17) is 14.3 Å². The highest BCUT2D eigenvalue weighted by molar-refractivity contribution is 5.82. The van der Waals surface area contributed by atoms with Crippen molar-refractivity contribution in [2.45, 2.75) is 31.7 Å². The average Bonchev–Trinajstić information content (AvgIpc) is 2.53. The summed E-state index contributed by atoms with van der Waals surface area (Å²) in [6, 6.07) is 7.66. The molecule has 1 N–H and O–H groups in total. The second kappa shape index (κ2) is 6.32. The maximum atomic E-state index is 12.2. The minimum atomic E-state index is -0.589. The number of nitrogens with zero attached hydrogens (tertiary/aromatic N) is 1. The van der Waals surface area contributed by atoms with E-state index < -0.39 is 6.10 Å². The van der Waals surface area contributed by atoms with Gasteiger partial charge in [-0.1, -0.05) is 12.1 Å². The fraction of sp³-hybridized carbons (Fsp3) is 0.533. The van der Waals surface area contributed by atoms with E-state index in [1.54, 1.807) is 0 Å². The standard InChI is InChI=1S/C15H20N2O4/c1-17-10-13(20-12-7-3-2-6-11(12)17)15(18)16-21-14-8-4-5-9-19-14/h2-3,6-7,13-14H,4-5,8-10H2,1H3,(H,16,18). The van der Waals surface area contributed by atoms with Crippen molar-refractivity contribution in [1.82, 2.24) is 5.48 Å². The van der Waals surface area contributed by atoms with Crippen LogP contribution in [0.15, 0.2) is 24.3 Å². The maximum Gasteiger partial charge on any atom is 0.286 e. The molecule has 1 amide bonds. The molecular formula is C15H20N2O4. The SMILES string of the molecule is CN1CC(C(=O)NOC2CCCCO2)Oc2ccccc21. The molecule has 2 atom stereocenters. The molecule has 2 aliphatic rings. The number of hydroxylamine groups is 1. The number of fused-ring (bicyclic) bond motifs is 1. The second-order valence-electron chi connectivity index (χ2n) is 5.34. The summed E-state index contributed by atoms with van der Waals surface area (Å²) < 4.78 is 11.1. The Morgan fingerprint density at radius 2 is 2.24 bits per heavy atom. The number of benzene rings is 1. The van der Waals surface area contributed by atoms with Crippen LogP contribution in [-0.4, -0.2) is 38.5 Å². The van der Waals surface area contributed by atoms with Gasteiger partial charge in [-0.3, -0.25) is 4.79 Å². The Morgan fingerprint density at radius 3 is 3.05 bits per heavy atom. The first-order valence-corrected chi connectivity index (χ1v) is 7.28. The third-order valence-corrected chi connectivity index (χ3v) is 3.71. The van der Waals surface area contributed by atoms with Gasteiger partial charge in [0.2, 0.25) is 0 Å². The van der Waals surface area contributed by atoms with Crippen LogP contribution in [0.5, 0.6) is 5.75 Å². The molecule has 1 saturated heterocycles. The summed E-state index contributed by atoms with van der Waals surface area (Å²) in [5.41, 5.74) is 3.44. The maximum absolute atomic E-state index is 12.2. The van der Waals surface area contributed by atoms with Crippen LogP contribution >= 0.6 is 0 Å². The lowest BCUT2D eigenvalue weighted by Crippen LogP contribution is -2.48. The normalized spacial score (nSPS) is 24.9. The number of ether oxygens (including phenoxy) is 2. The van der Waals surface area contributed by atoms with Gasteiger partial charge in [-0.15, -0.1) is 0 Å². The van der Waals surface area contributed by atoms with Crippen molar-refractivity contribution in [2.24, 2.45) is 0 Å². The predicted molar refractivity (Wildman–Crippen MR) is 76.9 cm³/mol. The highest BCUT2D eigenvalue weighted by atomic mass is 16.8. The molecule has 0 spiro atoms. The quantitative estimate of drug-likeness (QED) is 0.855. The summed E-state index contributed by atoms with van der Waals surface area (Å²) in [5.74, 6) is 0.422. The monoisotopic (exact) mass is 292 g/mol. The number of carbonyl (C=O) groups excluding carboxylic acids is 1. The summed E-state index contributed by atoms with van der Waals surface area (Å²) in [5, 5.41) is 0. The molecule has 0 radical (unpaired) electrons. The second-order valence-corrected chi connectivity index (χ2v) is 5.34. The lowest BCUT2D eigenvalue weighted by Gasteiger charge is -2.33. The van der Waals surface area contributed by atoms with Gasteiger partial charge < -0.3 is 14.4 Å². The first-order chi connectivity index (χ1) is 10.2. The number of nitrogens with one attached hydrogen (secondary N) is 1. The number of anilines is 1. The van der Waals surface area contributed by atoms with E-state index in [1.807, 2.05) is 36.2 Å². The minimum absolute atomic E-state index is 0.287. The Labute approximate surface area is 123 Å². The number of para-hydroxylation sites is 2. The topological polar surface area (TPSA) is 60.0 Å². The number of likely N-dealkylation sites (N-methyl/N-ethyl adjacent to an activating group) is 1. The van der Waals surface area contributed by atoms with E-state index in [1.165, 1.54) is 0 Å². The van der Waals surface area contributed by atoms with Gasteiger partial charge in [-0.2, -0.15) is 0 Å². The van der Waals surface area contributed by atoms with Gasteiger partial charge in [0.15, 0.2) is 12.4 Å². The molecule has 1 aromatic rings. The van der Waals surface area contributed by atoms with Crippen molar-refractivity contribution in [1.29, 1.82) is 0 Å². The molecule has 2 unspecified atom stereocenters. The smallest absolute Gasteiger partial charge is 0.286 e. The molecule has 21 heavy (non-hydrogen) atoms. The van der Waals surface area contributed by atoms with Crippen molar-refractivity contribution in [3.63, 3.8) is 0 Å². The fourth-order valence-electron chi connectivity index (χ4n) is 2.54. The van der Waals surface area contributed by atoms with Crippen molar-refractivity contribution >= 4 is 11.6 Å². The molecule has 0 bridgehead atoms. The molecule has 6 nitrogen and oxygen atoms in total. The van der Waals surface area contributed by atoms with E-state index in [-0.39, 0.29) is 12.2 Å². The number of amides is 1. The first-order valence-electron chi connectivity index (χ1n) is 7.28. The van der Waals surface area contributed by atoms with Gasteiger partial charge in [0.25, 0.3) is 5.91 Å². The summed E-state index contributed by atoms with van der Waals surface area (Å²) in [6.45, 7) is 1.16. The van der Waals surface area contributed by atoms with Gasteiger partial charge in [-0.05, 0) is 25.0 Å². The Morgan fingerprint density at radius 1 is 1.38 bits per heavy atom. The molecule has 3 rings (SSSR count). The van der Waals surface area contributed by atoms with Crippen LogP contribution in [0.1, 0.15) is 19.3 Å². The summed E-state index contributed by atoms with van der Waals surface area (Å²) in [7, 11) is 1.94. The van der Waals surface area contributed by atoms with Crippen LogP contribution in [0.3, 0.4) is 0 Å². The highest BCUT2D eigenvalue weighted by Gasteiger charge is 2.29. The number of hydrogen-bond donors (Lipinski definition) is 1. The Balaban J connectivity index is 1.56. The molecular weight excluding hydrogens is 272 g/mol. The van der Waals surface area contributed by atoms with Crippen molar-refractivity contribution < 1.29 is 19.1 Å². The van der Waals surface area contributed by atoms with Crippen molar-refractivity contribution in [3.8, 4) is 5.75 Å². The van der Waals surface area contributed by atoms with Crippen molar-refractivity contribution in [2.75, 3.05) is 25.1 Å². The molecule has 0 saturated carbocycles. The van der Waals surface area contributed by atoms with Crippen LogP contribution in [0, 0.1) is 0 Å². The lowest BCUT2D eigenvalue weighted by molar-refractivity contribution is -0.203. The van der Waals surface area contributed by atoms with Crippen LogP contribution in [-0.2, 0) is 14.4 Å². The zero-order chi connectivity index (χ0) is 14.7. The van der Waals surface area contributed by atoms with E-state index in [2.05, 4.69) is 5.48 Å². The van der Waals surface area contributed by atoms with Gasteiger partial charge in [0, 0.05) is 20.1 Å². The van der Waals surface area contributed by atoms with Crippen LogP contribution in [0.25, 0.3) is 0 Å². The molecule has 1 fully saturated rings. The zero-order valence-electron chi connectivity index (χ0n) is 12.1. The molecule has 0 aromatic heterocycles. The van der Waals surface area contributed by atoms with Gasteiger partial charge in [0.1, 0.15) is 5.75 Å². The van der Waals surface area contributed by atoms with E-state index in [9.17, 15) is 4.79 Å². The molecule has 114 valence electrons. The Kier molecular flexibility index (Phi) is 4.26. The van der Waals surface area contributed by atoms with Crippen LogP contribution in [0.2, 0.25) is 0 Å². The van der Waals surface area contributed by atoms with Crippen LogP contribution < -0.4 is 15.1 Å². The minimum Gasteiger partial charge on any atom is -0.476 e. The Bertz CT molecular complexity index is 502. The molecule has 2 aliphatic heterocycles. The molecule has 0 aliphatic carbocycles. The molecule has 2 heterocycles. The largest absolute Gasteiger partial charge is 0.476 e. The van der Waals surface area contributed by atoms with Gasteiger partial charge in [0.05, 0.1) is 12.2 Å². The predicted octanol–water partition coefficient (Wildman–Crippen LogP) is 1.46. The highest BCUT2D eigenvalue weighted by Crippen LogP contribution is 2.31. The lowest BCUT2D eigenvalue weighted by atomic mass is 10.2. The third-order valence-electron chi connectivity index (χ3n) is 3.71. The van der Waals surface area contributed by atoms with Crippen LogP contribution in [0.4, 0.5) is 5.69 Å². The fourth-order valence-corrected chi connectivity index (χ4v) is 2.54. The van der Waals surface area contributed by atoms with Crippen molar-refractivity contribution in [3.05, 3.63) is 24.3 Å². The van der Waals surface area contributed by atoms with E-state index in [0.717, 1.165) is 24.9 Å². The Hall–Kier alpha value is -1.79. The van der Waals surface area contributed by atoms with E-state index in [0.29, 0.717) is 18.9 Å². The number of rotatable bonds is 3. The summed E-state index contributed by atoms with van der Waals surface area (Å²) in [6.07, 6.45) is 1.96. The summed E-state index contributed by atoms with van der Waals surface area (Å²) in [4.78, 5) is 19.5. The van der Waals surface area contributed by atoms with E-state index >= 15 is 0 Å². The number of hydrogen-bond acceptors (Lipinski definition) is 5. The third kappa shape index (κ3) is 3.28. The van der Waals surface area contributed by atoms with Gasteiger partial charge in [-0.25, -0.2) is 10.3 Å².